The van der Waals surface area contributed by atoms with Gasteiger partial charge >= 0.3 is 0 Å². The lowest BCUT2D eigenvalue weighted by molar-refractivity contribution is -0.136. The van der Waals surface area contributed by atoms with Crippen molar-refractivity contribution in [2.24, 2.45) is 0 Å². The summed E-state index contributed by atoms with van der Waals surface area (Å²) >= 11 is 1.26. The fourth-order valence-electron chi connectivity index (χ4n) is 3.09. The van der Waals surface area contributed by atoms with Crippen LogP contribution < -0.4 is 0 Å². The Hall–Kier alpha value is -1.87. The van der Waals surface area contributed by atoms with Crippen LogP contribution in [0.15, 0.2) is 11.1 Å². The Morgan fingerprint density at radius 1 is 1.26 bits per heavy atom. The van der Waals surface area contributed by atoms with Crippen molar-refractivity contribution >= 4 is 23.6 Å². The molecule has 0 saturated carbocycles. The monoisotopic (exact) mass is 329 g/mol. The zero-order valence-corrected chi connectivity index (χ0v) is 14.0. The van der Waals surface area contributed by atoms with Gasteiger partial charge in [-0.25, -0.2) is 4.98 Å². The van der Waals surface area contributed by atoms with Crippen molar-refractivity contribution in [2.45, 2.75) is 55.2 Å². The van der Waals surface area contributed by atoms with Gasteiger partial charge in [0.1, 0.15) is 11.1 Å². The molecule has 1 aliphatic heterocycles. The number of aromatic nitrogens is 1. The molecule has 1 unspecified atom stereocenters. The number of rotatable bonds is 2. The van der Waals surface area contributed by atoms with Crippen LogP contribution in [0.2, 0.25) is 0 Å². The molecule has 23 heavy (non-hydrogen) atoms. The van der Waals surface area contributed by atoms with Gasteiger partial charge in [-0.05, 0) is 37.3 Å². The highest BCUT2D eigenvalue weighted by molar-refractivity contribution is 8.00. The second-order valence-electron chi connectivity index (χ2n) is 6.07. The Morgan fingerprint density at radius 2 is 2.00 bits per heavy atom. The predicted octanol–water partition coefficient (Wildman–Crippen LogP) is 2.46. The van der Waals surface area contributed by atoms with Crippen LogP contribution in [-0.4, -0.2) is 34.0 Å². The van der Waals surface area contributed by atoms with Gasteiger partial charge in [-0.1, -0.05) is 24.6 Å². The number of imide groups is 1. The minimum absolute atomic E-state index is 0.169. The van der Waals surface area contributed by atoms with Crippen LogP contribution in [0.25, 0.3) is 0 Å². The molecule has 0 aromatic carbocycles. The van der Waals surface area contributed by atoms with E-state index in [4.69, 9.17) is 4.98 Å². The van der Waals surface area contributed by atoms with Crippen LogP contribution in [0.1, 0.15) is 48.9 Å². The molecule has 1 saturated heterocycles. The number of hydrogen-bond donors (Lipinski definition) is 0. The third-order valence-corrected chi connectivity index (χ3v) is 5.67. The number of carbonyl (C=O) groups excluding carboxylic acids is 2. The first-order chi connectivity index (χ1) is 11.1. The molecule has 0 bridgehead atoms. The average molecular weight is 329 g/mol. The van der Waals surface area contributed by atoms with Crippen LogP contribution in [0, 0.1) is 11.3 Å². The topological polar surface area (TPSA) is 74.1 Å². The fourth-order valence-corrected chi connectivity index (χ4v) is 4.24. The Bertz CT molecular complexity index is 696. The van der Waals surface area contributed by atoms with Gasteiger partial charge in [0.25, 0.3) is 0 Å². The summed E-state index contributed by atoms with van der Waals surface area (Å²) in [5, 5.41) is 9.56. The molecule has 120 valence electrons. The second kappa shape index (κ2) is 6.71. The zero-order chi connectivity index (χ0) is 16.4. The van der Waals surface area contributed by atoms with Crippen molar-refractivity contribution in [2.75, 3.05) is 7.05 Å². The summed E-state index contributed by atoms with van der Waals surface area (Å²) < 4.78 is 0. The van der Waals surface area contributed by atoms with Crippen molar-refractivity contribution < 1.29 is 9.59 Å². The minimum Gasteiger partial charge on any atom is -0.285 e. The number of fused-ring (bicyclic) bond motifs is 1. The number of nitrogens with zero attached hydrogens (tertiary/aromatic N) is 3. The molecule has 1 fully saturated rings. The number of amides is 2. The van der Waals surface area contributed by atoms with Crippen molar-refractivity contribution in [3.63, 3.8) is 0 Å². The van der Waals surface area contributed by atoms with Gasteiger partial charge in [0.05, 0.1) is 10.8 Å². The molecular weight excluding hydrogens is 310 g/mol. The summed E-state index contributed by atoms with van der Waals surface area (Å²) in [6.45, 7) is 0. The molecule has 1 aromatic rings. The number of nitriles is 1. The molecule has 1 aromatic heterocycles. The molecule has 0 N–H and O–H groups in total. The second-order valence-corrected chi connectivity index (χ2v) is 7.27. The van der Waals surface area contributed by atoms with Gasteiger partial charge in [0.2, 0.25) is 11.8 Å². The highest BCUT2D eigenvalue weighted by atomic mass is 32.2. The molecule has 5 nitrogen and oxygen atoms in total. The summed E-state index contributed by atoms with van der Waals surface area (Å²) in [5.74, 6) is -0.366. The predicted molar refractivity (Wildman–Crippen MR) is 86.9 cm³/mol. The molecule has 0 radical (unpaired) electrons. The molecule has 0 spiro atoms. The van der Waals surface area contributed by atoms with Crippen LogP contribution in [0.4, 0.5) is 0 Å². The van der Waals surface area contributed by atoms with E-state index in [9.17, 15) is 14.9 Å². The van der Waals surface area contributed by atoms with E-state index in [1.807, 2.05) is 6.07 Å². The maximum atomic E-state index is 12.1. The van der Waals surface area contributed by atoms with Gasteiger partial charge in [0, 0.05) is 19.2 Å². The number of pyridine rings is 1. The Kier molecular flexibility index (Phi) is 4.67. The van der Waals surface area contributed by atoms with E-state index in [0.29, 0.717) is 10.6 Å². The zero-order valence-electron chi connectivity index (χ0n) is 13.2. The van der Waals surface area contributed by atoms with E-state index in [1.165, 1.54) is 31.7 Å². The van der Waals surface area contributed by atoms with Gasteiger partial charge < -0.3 is 0 Å². The van der Waals surface area contributed by atoms with Crippen LogP contribution >= 0.6 is 11.8 Å². The Balaban J connectivity index is 1.89. The SMILES string of the molecule is CN1C(=O)CC(Sc2nc3c(cc2C#N)CCCCCC3)C1=O. The van der Waals surface area contributed by atoms with Crippen LogP contribution in [0.3, 0.4) is 0 Å². The van der Waals surface area contributed by atoms with Crippen LogP contribution in [0.5, 0.6) is 0 Å². The number of thioether (sulfide) groups is 1. The maximum absolute atomic E-state index is 12.1. The maximum Gasteiger partial charge on any atom is 0.242 e. The van der Waals surface area contributed by atoms with Crippen molar-refractivity contribution in [3.8, 4) is 6.07 Å². The lowest BCUT2D eigenvalue weighted by Crippen LogP contribution is -2.26. The van der Waals surface area contributed by atoms with E-state index >= 15 is 0 Å². The lowest BCUT2D eigenvalue weighted by Gasteiger charge is -2.16. The largest absolute Gasteiger partial charge is 0.285 e. The van der Waals surface area contributed by atoms with Crippen molar-refractivity contribution in [1.82, 2.24) is 9.88 Å². The lowest BCUT2D eigenvalue weighted by atomic mass is 9.96. The Morgan fingerprint density at radius 3 is 2.65 bits per heavy atom. The quantitative estimate of drug-likeness (QED) is 0.779. The smallest absolute Gasteiger partial charge is 0.242 e. The summed E-state index contributed by atoms with van der Waals surface area (Å²) in [6, 6.07) is 4.13. The summed E-state index contributed by atoms with van der Waals surface area (Å²) in [7, 11) is 1.50. The third kappa shape index (κ3) is 3.25. The molecular formula is C17H19N3O2S. The fraction of sp³-hybridized carbons (Fsp3) is 0.529. The normalized spacial score (nSPS) is 21.6. The molecule has 1 aliphatic carbocycles. The summed E-state index contributed by atoms with van der Waals surface area (Å²) in [5.41, 5.74) is 2.73. The molecule has 6 heteroatoms. The molecule has 1 atom stereocenters. The van der Waals surface area contributed by atoms with Gasteiger partial charge in [-0.2, -0.15) is 5.26 Å². The van der Waals surface area contributed by atoms with Gasteiger partial charge in [-0.15, -0.1) is 0 Å². The highest BCUT2D eigenvalue weighted by Crippen LogP contribution is 2.33. The summed E-state index contributed by atoms with van der Waals surface area (Å²) in [4.78, 5) is 29.6. The Labute approximate surface area is 140 Å². The number of hydrogen-bond acceptors (Lipinski definition) is 5. The first kappa shape index (κ1) is 16.0. The van der Waals surface area contributed by atoms with Gasteiger partial charge in [-0.3, -0.25) is 14.5 Å². The minimum atomic E-state index is -0.460. The van der Waals surface area contributed by atoms with E-state index in [1.54, 1.807) is 0 Å². The average Bonchev–Trinajstić information content (AvgIpc) is 2.76. The highest BCUT2D eigenvalue weighted by Gasteiger charge is 2.37. The number of likely N-dealkylation sites (tertiary alicyclic amines) is 1. The van der Waals surface area contributed by atoms with E-state index in [-0.39, 0.29) is 18.2 Å². The van der Waals surface area contributed by atoms with E-state index in [0.717, 1.165) is 41.8 Å². The van der Waals surface area contributed by atoms with E-state index < -0.39 is 5.25 Å². The molecule has 3 rings (SSSR count). The van der Waals surface area contributed by atoms with Crippen molar-refractivity contribution in [3.05, 3.63) is 22.9 Å². The number of carbonyl (C=O) groups is 2. The molecule has 2 aliphatic rings. The first-order valence-corrected chi connectivity index (χ1v) is 8.88. The number of aryl methyl sites for hydroxylation is 2. The standard InChI is InChI=1S/C17H19N3O2S/c1-20-15(21)9-14(17(20)22)23-16-12(10-18)8-11-6-4-2-3-5-7-13(11)19-16/h8,14H,2-7,9H2,1H3. The third-order valence-electron chi connectivity index (χ3n) is 4.48. The van der Waals surface area contributed by atoms with Crippen LogP contribution in [-0.2, 0) is 22.4 Å². The summed E-state index contributed by atoms with van der Waals surface area (Å²) in [6.07, 6.45) is 6.75. The van der Waals surface area contributed by atoms with E-state index in [2.05, 4.69) is 6.07 Å². The first-order valence-electron chi connectivity index (χ1n) is 8.00. The molecule has 2 amide bonds. The van der Waals surface area contributed by atoms with Gasteiger partial charge in [0.15, 0.2) is 0 Å². The molecule has 2 heterocycles. The van der Waals surface area contributed by atoms with Crippen molar-refractivity contribution in [1.29, 1.82) is 5.26 Å².